The largest absolute Gasteiger partial charge is 0.331 e. The molecule has 0 saturated carbocycles. The Morgan fingerprint density at radius 2 is 1.55 bits per heavy atom. The molecule has 0 aliphatic carbocycles. The summed E-state index contributed by atoms with van der Waals surface area (Å²) < 4.78 is 2.92. The minimum absolute atomic E-state index is 0.274. The zero-order valence-corrected chi connectivity index (χ0v) is 18.2. The number of hydrogen-bond donors (Lipinski definition) is 0. The van der Waals surface area contributed by atoms with Crippen LogP contribution in [0.15, 0.2) is 52.1 Å². The Balaban J connectivity index is 2.02. The van der Waals surface area contributed by atoms with Crippen LogP contribution < -0.4 is 11.2 Å². The number of nitrogens with zero attached hydrogens (tertiary/aromatic N) is 2. The third kappa shape index (κ3) is 5.12. The summed E-state index contributed by atoms with van der Waals surface area (Å²) in [7, 11) is 0. The number of fused-ring (bicyclic) bond motifs is 1. The van der Waals surface area contributed by atoms with Gasteiger partial charge in [0.15, 0.2) is 0 Å². The van der Waals surface area contributed by atoms with E-state index in [1.807, 2.05) is 30.3 Å². The molecular formula is C23H26Cl2N2O2. The van der Waals surface area contributed by atoms with Crippen molar-refractivity contribution in [2.45, 2.75) is 58.5 Å². The van der Waals surface area contributed by atoms with E-state index in [4.69, 9.17) is 23.2 Å². The van der Waals surface area contributed by atoms with Crippen LogP contribution in [0.25, 0.3) is 10.9 Å². The van der Waals surface area contributed by atoms with E-state index in [0.29, 0.717) is 29.0 Å². The van der Waals surface area contributed by atoms with Gasteiger partial charge in [-0.15, -0.1) is 0 Å². The molecule has 154 valence electrons. The highest BCUT2D eigenvalue weighted by atomic mass is 35.5. The van der Waals surface area contributed by atoms with Crippen molar-refractivity contribution in [2.24, 2.45) is 0 Å². The molecule has 0 spiro atoms. The van der Waals surface area contributed by atoms with Gasteiger partial charge < -0.3 is 0 Å². The van der Waals surface area contributed by atoms with E-state index in [2.05, 4.69) is 6.92 Å². The molecule has 0 atom stereocenters. The molecule has 3 rings (SSSR count). The van der Waals surface area contributed by atoms with E-state index in [1.54, 1.807) is 16.7 Å². The number of aromatic nitrogens is 2. The highest BCUT2D eigenvalue weighted by Crippen LogP contribution is 2.25. The zero-order chi connectivity index (χ0) is 20.8. The Bertz CT molecular complexity index is 1090. The van der Waals surface area contributed by atoms with Gasteiger partial charge in [0.1, 0.15) is 0 Å². The summed E-state index contributed by atoms with van der Waals surface area (Å²) in [6, 6.07) is 12.9. The van der Waals surface area contributed by atoms with E-state index >= 15 is 0 Å². The summed E-state index contributed by atoms with van der Waals surface area (Å²) >= 11 is 12.6. The number of unbranched alkanes of at least 4 members (excludes halogenated alkanes) is 5. The summed E-state index contributed by atoms with van der Waals surface area (Å²) in [5.74, 6) is 0. The maximum Gasteiger partial charge on any atom is 0.331 e. The van der Waals surface area contributed by atoms with Crippen molar-refractivity contribution in [3.63, 3.8) is 0 Å². The van der Waals surface area contributed by atoms with Crippen molar-refractivity contribution in [1.82, 2.24) is 9.13 Å². The van der Waals surface area contributed by atoms with Crippen LogP contribution in [-0.2, 0) is 13.1 Å². The lowest BCUT2D eigenvalue weighted by Crippen LogP contribution is -2.40. The minimum atomic E-state index is -0.343. The molecule has 29 heavy (non-hydrogen) atoms. The molecule has 6 heteroatoms. The van der Waals surface area contributed by atoms with Gasteiger partial charge in [-0.3, -0.25) is 13.9 Å². The maximum absolute atomic E-state index is 13.2. The van der Waals surface area contributed by atoms with Gasteiger partial charge >= 0.3 is 5.69 Å². The van der Waals surface area contributed by atoms with Gasteiger partial charge in [0.05, 0.1) is 22.5 Å². The zero-order valence-electron chi connectivity index (χ0n) is 16.7. The van der Waals surface area contributed by atoms with Crippen molar-refractivity contribution < 1.29 is 0 Å². The second-order valence-electron chi connectivity index (χ2n) is 7.36. The molecule has 1 aromatic heterocycles. The highest BCUT2D eigenvalue weighted by Gasteiger charge is 2.16. The topological polar surface area (TPSA) is 44.0 Å². The van der Waals surface area contributed by atoms with E-state index < -0.39 is 0 Å². The Morgan fingerprint density at radius 1 is 0.862 bits per heavy atom. The quantitative estimate of drug-likeness (QED) is 0.396. The van der Waals surface area contributed by atoms with Gasteiger partial charge in [-0.1, -0.05) is 92.6 Å². The molecule has 4 nitrogen and oxygen atoms in total. The standard InChI is InChI=1S/C23H26Cl2N2O2/c1-2-3-4-5-6-10-13-26-22(28)21-19(25)14-18(24)15-20(21)27(23(26)29)16-17-11-8-7-9-12-17/h7-9,11-12,14-15H,2-6,10,13,16H2,1H3. The number of halogens is 2. The molecule has 3 aromatic rings. The summed E-state index contributed by atoms with van der Waals surface area (Å²) in [4.78, 5) is 26.3. The first kappa shape index (κ1) is 21.7. The van der Waals surface area contributed by atoms with Crippen LogP contribution in [0.3, 0.4) is 0 Å². The second kappa shape index (κ2) is 10.1. The Morgan fingerprint density at radius 3 is 2.28 bits per heavy atom. The molecule has 0 aliphatic rings. The first-order valence-electron chi connectivity index (χ1n) is 10.2. The van der Waals surface area contributed by atoms with Crippen LogP contribution in [0.1, 0.15) is 51.0 Å². The van der Waals surface area contributed by atoms with Crippen LogP contribution in [0.2, 0.25) is 10.0 Å². The molecular weight excluding hydrogens is 407 g/mol. The van der Waals surface area contributed by atoms with Crippen molar-refractivity contribution in [3.8, 4) is 0 Å². The second-order valence-corrected chi connectivity index (χ2v) is 8.20. The van der Waals surface area contributed by atoms with Crippen molar-refractivity contribution in [2.75, 3.05) is 0 Å². The summed E-state index contributed by atoms with van der Waals surface area (Å²) in [6.45, 7) is 2.93. The van der Waals surface area contributed by atoms with Gasteiger partial charge in [-0.25, -0.2) is 4.79 Å². The Labute approximate surface area is 180 Å². The fourth-order valence-electron chi connectivity index (χ4n) is 3.62. The van der Waals surface area contributed by atoms with Crippen molar-refractivity contribution >= 4 is 34.1 Å². The lowest BCUT2D eigenvalue weighted by molar-refractivity contribution is 0.523. The molecule has 0 saturated heterocycles. The van der Waals surface area contributed by atoms with E-state index in [0.717, 1.165) is 24.8 Å². The fraction of sp³-hybridized carbons (Fsp3) is 0.391. The molecule has 0 fully saturated rings. The molecule has 0 unspecified atom stereocenters. The number of benzene rings is 2. The molecule has 2 aromatic carbocycles. The average molecular weight is 433 g/mol. The van der Waals surface area contributed by atoms with Crippen molar-refractivity contribution in [1.29, 1.82) is 0 Å². The highest BCUT2D eigenvalue weighted by molar-refractivity contribution is 6.38. The van der Waals surface area contributed by atoms with Crippen LogP contribution in [-0.4, -0.2) is 9.13 Å². The number of rotatable bonds is 9. The molecule has 0 bridgehead atoms. The smallest absolute Gasteiger partial charge is 0.289 e. The molecule has 0 amide bonds. The summed E-state index contributed by atoms with van der Waals surface area (Å²) in [5, 5.41) is 1.02. The first-order valence-corrected chi connectivity index (χ1v) is 10.9. The lowest BCUT2D eigenvalue weighted by Gasteiger charge is -2.15. The van der Waals surface area contributed by atoms with Crippen LogP contribution >= 0.6 is 23.2 Å². The lowest BCUT2D eigenvalue weighted by atomic mass is 10.1. The Hall–Kier alpha value is -2.04. The molecule has 0 radical (unpaired) electrons. The van der Waals surface area contributed by atoms with E-state index in [1.165, 1.54) is 23.8 Å². The number of hydrogen-bond acceptors (Lipinski definition) is 2. The normalized spacial score (nSPS) is 11.3. The first-order chi connectivity index (χ1) is 14.0. The summed E-state index contributed by atoms with van der Waals surface area (Å²) in [5.41, 5.74) is 0.778. The van der Waals surface area contributed by atoms with Gasteiger partial charge in [-0.05, 0) is 24.1 Å². The van der Waals surface area contributed by atoms with Gasteiger partial charge in [0, 0.05) is 11.6 Å². The SMILES string of the molecule is CCCCCCCCn1c(=O)c2c(Cl)cc(Cl)cc2n(Cc2ccccc2)c1=O. The molecule has 0 aliphatic heterocycles. The minimum Gasteiger partial charge on any atom is -0.289 e. The van der Waals surface area contributed by atoms with Gasteiger partial charge in [0.2, 0.25) is 0 Å². The maximum atomic E-state index is 13.2. The van der Waals surface area contributed by atoms with Gasteiger partial charge in [-0.2, -0.15) is 0 Å². The Kier molecular flexibility index (Phi) is 7.57. The summed E-state index contributed by atoms with van der Waals surface area (Å²) in [6.07, 6.45) is 6.50. The fourth-order valence-corrected chi connectivity index (χ4v) is 4.18. The van der Waals surface area contributed by atoms with E-state index in [9.17, 15) is 9.59 Å². The van der Waals surface area contributed by atoms with Crippen molar-refractivity contribution in [3.05, 3.63) is 78.9 Å². The average Bonchev–Trinajstić information content (AvgIpc) is 2.70. The monoisotopic (exact) mass is 432 g/mol. The van der Waals surface area contributed by atoms with Crippen LogP contribution in [0.5, 0.6) is 0 Å². The third-order valence-corrected chi connectivity index (χ3v) is 5.68. The molecule has 0 N–H and O–H groups in total. The van der Waals surface area contributed by atoms with Crippen LogP contribution in [0.4, 0.5) is 0 Å². The predicted octanol–water partition coefficient (Wildman–Crippen LogP) is 5.88. The third-order valence-electron chi connectivity index (χ3n) is 5.16. The van der Waals surface area contributed by atoms with Gasteiger partial charge in [0.25, 0.3) is 5.56 Å². The van der Waals surface area contributed by atoms with E-state index in [-0.39, 0.29) is 16.3 Å². The predicted molar refractivity (Wildman–Crippen MR) is 121 cm³/mol. The molecule has 1 heterocycles. The van der Waals surface area contributed by atoms with Crippen LogP contribution in [0, 0.1) is 0 Å².